The normalized spacial score (nSPS) is 11.7. The van der Waals surface area contributed by atoms with E-state index in [9.17, 15) is 9.59 Å². The second kappa shape index (κ2) is 10.7. The van der Waals surface area contributed by atoms with E-state index in [1.807, 2.05) is 42.5 Å². The summed E-state index contributed by atoms with van der Waals surface area (Å²) in [5.74, 6) is -0.354. The maximum absolute atomic E-state index is 12.8. The van der Waals surface area contributed by atoms with Crippen LogP contribution in [-0.2, 0) is 27.3 Å². The van der Waals surface area contributed by atoms with E-state index in [1.54, 1.807) is 24.1 Å². The number of benzene rings is 2. The highest BCUT2D eigenvalue weighted by atomic mass is 35.5. The van der Waals surface area contributed by atoms with Gasteiger partial charge in [-0.15, -0.1) is 0 Å². The molecule has 0 aliphatic rings. The standard InChI is InChI=1S/C21H25ClN2O3/c1-16(25)24(15-18-8-10-19(22)11-9-18)20(21(26)23-12-13-27-2)14-17-6-4-3-5-7-17/h3-11,20H,12-15H2,1-2H3,(H,23,26)/t20-/m0/s1. The fourth-order valence-electron chi connectivity index (χ4n) is 2.80. The van der Waals surface area contributed by atoms with Crippen molar-refractivity contribution in [2.75, 3.05) is 20.3 Å². The number of methoxy groups -OCH3 is 1. The van der Waals surface area contributed by atoms with Crippen LogP contribution in [0.1, 0.15) is 18.1 Å². The first-order valence-corrected chi connectivity index (χ1v) is 9.21. The molecule has 0 aliphatic heterocycles. The summed E-state index contributed by atoms with van der Waals surface area (Å²) in [5.41, 5.74) is 1.91. The lowest BCUT2D eigenvalue weighted by Gasteiger charge is -2.30. The first-order valence-electron chi connectivity index (χ1n) is 8.83. The lowest BCUT2D eigenvalue weighted by molar-refractivity contribution is -0.139. The van der Waals surface area contributed by atoms with Crippen molar-refractivity contribution >= 4 is 23.4 Å². The highest BCUT2D eigenvalue weighted by Crippen LogP contribution is 2.16. The van der Waals surface area contributed by atoms with Crippen molar-refractivity contribution in [2.24, 2.45) is 0 Å². The van der Waals surface area contributed by atoms with E-state index in [1.165, 1.54) is 6.92 Å². The van der Waals surface area contributed by atoms with Crippen molar-refractivity contribution in [2.45, 2.75) is 25.9 Å². The number of ether oxygens (including phenoxy) is 1. The number of carbonyl (C=O) groups is 2. The summed E-state index contributed by atoms with van der Waals surface area (Å²) < 4.78 is 5.00. The molecule has 0 aliphatic carbocycles. The van der Waals surface area contributed by atoms with Gasteiger partial charge in [0.15, 0.2) is 0 Å². The van der Waals surface area contributed by atoms with Gasteiger partial charge < -0.3 is 15.0 Å². The quantitative estimate of drug-likeness (QED) is 0.671. The van der Waals surface area contributed by atoms with Crippen LogP contribution in [0.5, 0.6) is 0 Å². The van der Waals surface area contributed by atoms with Gasteiger partial charge in [0.25, 0.3) is 0 Å². The Morgan fingerprint density at radius 3 is 2.33 bits per heavy atom. The van der Waals surface area contributed by atoms with Crippen LogP contribution in [0.3, 0.4) is 0 Å². The van der Waals surface area contributed by atoms with Crippen LogP contribution in [0.15, 0.2) is 54.6 Å². The van der Waals surface area contributed by atoms with Crippen LogP contribution in [0.2, 0.25) is 5.02 Å². The molecule has 5 nitrogen and oxygen atoms in total. The summed E-state index contributed by atoms with van der Waals surface area (Å²) >= 11 is 5.95. The molecule has 144 valence electrons. The van der Waals surface area contributed by atoms with Crippen LogP contribution in [0, 0.1) is 0 Å². The predicted octanol–water partition coefficient (Wildman–Crippen LogP) is 3.06. The molecule has 0 saturated carbocycles. The minimum atomic E-state index is -0.613. The van der Waals surface area contributed by atoms with Crippen molar-refractivity contribution in [1.82, 2.24) is 10.2 Å². The van der Waals surface area contributed by atoms with E-state index >= 15 is 0 Å². The summed E-state index contributed by atoms with van der Waals surface area (Å²) in [5, 5.41) is 3.49. The molecule has 2 aromatic rings. The maximum Gasteiger partial charge on any atom is 0.243 e. The molecule has 2 aromatic carbocycles. The summed E-state index contributed by atoms with van der Waals surface area (Å²) in [6.45, 7) is 2.63. The lowest BCUT2D eigenvalue weighted by Crippen LogP contribution is -2.50. The first-order chi connectivity index (χ1) is 13.0. The Hall–Kier alpha value is -2.37. The molecule has 1 atom stereocenters. The monoisotopic (exact) mass is 388 g/mol. The maximum atomic E-state index is 12.8. The average molecular weight is 389 g/mol. The number of halogens is 1. The highest BCUT2D eigenvalue weighted by Gasteiger charge is 2.28. The zero-order valence-corrected chi connectivity index (χ0v) is 16.4. The Labute approximate surface area is 165 Å². The van der Waals surface area contributed by atoms with Gasteiger partial charge in [-0.2, -0.15) is 0 Å². The Bertz CT molecular complexity index is 735. The third-order valence-corrected chi connectivity index (χ3v) is 4.48. The smallest absolute Gasteiger partial charge is 0.243 e. The van der Waals surface area contributed by atoms with Gasteiger partial charge in [-0.05, 0) is 23.3 Å². The van der Waals surface area contributed by atoms with Gasteiger partial charge in [-0.25, -0.2) is 0 Å². The number of carbonyl (C=O) groups excluding carboxylic acids is 2. The van der Waals surface area contributed by atoms with Crippen molar-refractivity contribution < 1.29 is 14.3 Å². The highest BCUT2D eigenvalue weighted by molar-refractivity contribution is 6.30. The van der Waals surface area contributed by atoms with E-state index < -0.39 is 6.04 Å². The van der Waals surface area contributed by atoms with Crippen LogP contribution >= 0.6 is 11.6 Å². The molecule has 0 bridgehead atoms. The predicted molar refractivity (Wildman–Crippen MR) is 106 cm³/mol. The van der Waals surface area contributed by atoms with Crippen LogP contribution in [0.25, 0.3) is 0 Å². The number of rotatable bonds is 9. The van der Waals surface area contributed by atoms with Crippen molar-refractivity contribution in [1.29, 1.82) is 0 Å². The summed E-state index contributed by atoms with van der Waals surface area (Å²) in [4.78, 5) is 26.8. The fourth-order valence-corrected chi connectivity index (χ4v) is 2.93. The zero-order valence-electron chi connectivity index (χ0n) is 15.7. The molecule has 0 spiro atoms. The average Bonchev–Trinajstić information content (AvgIpc) is 2.66. The van der Waals surface area contributed by atoms with Crippen LogP contribution in [0.4, 0.5) is 0 Å². The van der Waals surface area contributed by atoms with Crippen LogP contribution < -0.4 is 5.32 Å². The third kappa shape index (κ3) is 6.70. The number of hydrogen-bond donors (Lipinski definition) is 1. The second-order valence-corrected chi connectivity index (χ2v) is 6.70. The van der Waals surface area contributed by atoms with E-state index in [2.05, 4.69) is 5.32 Å². The molecular weight excluding hydrogens is 364 g/mol. The van der Waals surface area contributed by atoms with Crippen LogP contribution in [-0.4, -0.2) is 43.0 Å². The fraction of sp³-hybridized carbons (Fsp3) is 0.333. The Kier molecular flexibility index (Phi) is 8.30. The minimum Gasteiger partial charge on any atom is -0.383 e. The first kappa shape index (κ1) is 20.9. The summed E-state index contributed by atoms with van der Waals surface area (Å²) in [7, 11) is 1.58. The molecular formula is C21H25ClN2O3. The van der Waals surface area contributed by atoms with E-state index in [-0.39, 0.29) is 11.8 Å². The second-order valence-electron chi connectivity index (χ2n) is 6.26. The van der Waals surface area contributed by atoms with Gasteiger partial charge >= 0.3 is 0 Å². The van der Waals surface area contributed by atoms with Gasteiger partial charge in [0.05, 0.1) is 6.61 Å². The molecule has 0 fully saturated rings. The molecule has 0 aromatic heterocycles. The van der Waals surface area contributed by atoms with E-state index in [4.69, 9.17) is 16.3 Å². The number of hydrogen-bond acceptors (Lipinski definition) is 3. The molecule has 27 heavy (non-hydrogen) atoms. The minimum absolute atomic E-state index is 0.159. The Morgan fingerprint density at radius 2 is 1.74 bits per heavy atom. The molecule has 0 radical (unpaired) electrons. The van der Waals surface area contributed by atoms with Gasteiger partial charge in [-0.3, -0.25) is 9.59 Å². The van der Waals surface area contributed by atoms with Crippen molar-refractivity contribution in [3.8, 4) is 0 Å². The number of nitrogens with one attached hydrogen (secondary N) is 1. The molecule has 0 heterocycles. The Balaban J connectivity index is 2.23. The molecule has 1 N–H and O–H groups in total. The number of nitrogens with zero attached hydrogens (tertiary/aromatic N) is 1. The van der Waals surface area contributed by atoms with Gasteiger partial charge in [-0.1, -0.05) is 54.1 Å². The van der Waals surface area contributed by atoms with E-state index in [0.717, 1.165) is 11.1 Å². The third-order valence-electron chi connectivity index (χ3n) is 4.23. The van der Waals surface area contributed by atoms with E-state index in [0.29, 0.717) is 31.1 Å². The summed E-state index contributed by atoms with van der Waals surface area (Å²) in [6.07, 6.45) is 0.437. The zero-order chi connectivity index (χ0) is 19.6. The molecule has 2 amide bonds. The molecule has 2 rings (SSSR count). The van der Waals surface area contributed by atoms with Crippen molar-refractivity contribution in [3.05, 3.63) is 70.7 Å². The van der Waals surface area contributed by atoms with Crippen molar-refractivity contribution in [3.63, 3.8) is 0 Å². The largest absolute Gasteiger partial charge is 0.383 e. The molecule has 0 saturated heterocycles. The Morgan fingerprint density at radius 1 is 1.07 bits per heavy atom. The number of amides is 2. The lowest BCUT2D eigenvalue weighted by atomic mass is 10.0. The molecule has 6 heteroatoms. The molecule has 0 unspecified atom stereocenters. The van der Waals surface area contributed by atoms with Gasteiger partial charge in [0.1, 0.15) is 6.04 Å². The summed E-state index contributed by atoms with van der Waals surface area (Å²) in [6, 6.07) is 16.3. The van der Waals surface area contributed by atoms with Gasteiger partial charge in [0.2, 0.25) is 11.8 Å². The SMILES string of the molecule is COCCNC(=O)[C@H](Cc1ccccc1)N(Cc1ccc(Cl)cc1)C(C)=O. The van der Waals surface area contributed by atoms with Gasteiger partial charge in [0, 0.05) is 38.6 Å². The topological polar surface area (TPSA) is 58.6 Å².